The molecule has 5 heterocycles. The van der Waals surface area contributed by atoms with Gasteiger partial charge in [0.25, 0.3) is 0 Å². The molecular weight excluding hydrogens is 454 g/mol. The molecule has 0 aliphatic carbocycles. The van der Waals surface area contributed by atoms with Crippen LogP contribution < -0.4 is 4.74 Å². The van der Waals surface area contributed by atoms with Gasteiger partial charge in [-0.15, -0.1) is 0 Å². The molecule has 3 saturated heterocycles. The number of hydrogen-bond acceptors (Lipinski definition) is 6. The molecule has 0 amide bonds. The highest BCUT2D eigenvalue weighted by atomic mass is 32.1. The number of carbonyl (C=O) groups excluding carboxylic acids is 1. The molecule has 0 unspecified atom stereocenters. The molecule has 1 aromatic carbocycles. The van der Waals surface area contributed by atoms with E-state index in [4.69, 9.17) is 9.47 Å². The summed E-state index contributed by atoms with van der Waals surface area (Å²) in [4.78, 5) is 13.6. The highest BCUT2D eigenvalue weighted by molar-refractivity contribution is 7.08. The molecule has 1 atom stereocenters. The number of hydrogen-bond donors (Lipinski definition) is 1. The Bertz CT molecular complexity index is 993. The molecule has 7 heteroatoms. The van der Waals surface area contributed by atoms with Gasteiger partial charge in [0.15, 0.2) is 0 Å². The van der Waals surface area contributed by atoms with Gasteiger partial charge in [-0.1, -0.05) is 18.2 Å². The predicted octanol–water partition coefficient (Wildman–Crippen LogP) is 5.01. The summed E-state index contributed by atoms with van der Waals surface area (Å²) in [6.07, 6.45) is 3.90. The number of quaternary nitrogens is 1. The van der Waals surface area contributed by atoms with Crippen molar-refractivity contribution in [3.63, 3.8) is 0 Å². The Hall–Kier alpha value is -2.19. The van der Waals surface area contributed by atoms with Crippen molar-refractivity contribution >= 4 is 28.6 Å². The van der Waals surface area contributed by atoms with Gasteiger partial charge in [0.1, 0.15) is 5.75 Å². The van der Waals surface area contributed by atoms with Crippen LogP contribution >= 0.6 is 22.7 Å². The summed E-state index contributed by atoms with van der Waals surface area (Å²) in [5, 5.41) is 19.1. The molecule has 174 valence electrons. The molecule has 6 rings (SSSR count). The Labute approximate surface area is 202 Å². The van der Waals surface area contributed by atoms with Crippen LogP contribution in [0.4, 0.5) is 0 Å². The zero-order chi connectivity index (χ0) is 22.7. The van der Waals surface area contributed by atoms with E-state index < -0.39 is 11.6 Å². The second kappa shape index (κ2) is 9.58. The lowest BCUT2D eigenvalue weighted by molar-refractivity contribution is -0.984. The van der Waals surface area contributed by atoms with Crippen LogP contribution in [0.15, 0.2) is 64.0 Å². The fraction of sp³-hybridized carbons (Fsp3) is 0.423. The Kier molecular flexibility index (Phi) is 6.56. The van der Waals surface area contributed by atoms with E-state index in [-0.39, 0.29) is 6.23 Å². The standard InChI is InChI=1S/C26H30NO4S2/c28-25(26(29,21-9-15-32-18-21)22-10-16-33-19-22)31-24-17-20-7-12-27(24,13-8-20)11-4-14-30-23-5-2-1-3-6-23/h1-3,5-6,9-10,15-16,18-20,24,29H,4,7-8,11-14,17H2/q+1/t20?,24-,27?/m1/s1. The fourth-order valence-electron chi connectivity index (χ4n) is 5.33. The molecular formula is C26H30NO4S2+. The first-order valence-electron chi connectivity index (χ1n) is 11.6. The van der Waals surface area contributed by atoms with Crippen LogP contribution in [0.25, 0.3) is 0 Å². The number of carbonyl (C=O) groups is 1. The normalized spacial score (nSPS) is 24.5. The topological polar surface area (TPSA) is 55.8 Å². The number of ether oxygens (including phenoxy) is 2. The number of nitrogens with zero attached hydrogens (tertiary/aromatic N) is 1. The molecule has 5 nitrogen and oxygen atoms in total. The van der Waals surface area contributed by atoms with E-state index in [1.165, 1.54) is 35.5 Å². The fourth-order valence-corrected chi connectivity index (χ4v) is 6.73. The second-order valence-corrected chi connectivity index (χ2v) is 10.7. The molecule has 33 heavy (non-hydrogen) atoms. The molecule has 0 spiro atoms. The number of para-hydroxylation sites is 1. The summed E-state index contributed by atoms with van der Waals surface area (Å²) in [5.41, 5.74) is -0.609. The Morgan fingerprint density at radius 2 is 1.70 bits per heavy atom. The van der Waals surface area contributed by atoms with Crippen LogP contribution in [0, 0.1) is 5.92 Å². The maximum atomic E-state index is 13.6. The summed E-state index contributed by atoms with van der Waals surface area (Å²) >= 11 is 2.94. The monoisotopic (exact) mass is 484 g/mol. The number of esters is 1. The van der Waals surface area contributed by atoms with Crippen molar-refractivity contribution < 1.29 is 23.9 Å². The maximum absolute atomic E-state index is 13.6. The van der Waals surface area contributed by atoms with Gasteiger partial charge in [-0.25, -0.2) is 4.79 Å². The van der Waals surface area contributed by atoms with Crippen molar-refractivity contribution in [1.82, 2.24) is 0 Å². The van der Waals surface area contributed by atoms with Crippen LogP contribution in [0.2, 0.25) is 0 Å². The van der Waals surface area contributed by atoms with Crippen LogP contribution in [-0.4, -0.2) is 48.0 Å². The van der Waals surface area contributed by atoms with Crippen molar-refractivity contribution in [1.29, 1.82) is 0 Å². The SMILES string of the molecule is O=C(O[C@@H]1CC2CC[N+]1(CCCOc1ccccc1)CC2)C(O)(c1ccsc1)c1ccsc1. The third kappa shape index (κ3) is 4.47. The number of piperidine rings is 3. The third-order valence-corrected chi connectivity index (χ3v) is 8.65. The molecule has 3 aliphatic heterocycles. The van der Waals surface area contributed by atoms with E-state index in [1.807, 2.05) is 64.0 Å². The Morgan fingerprint density at radius 3 is 2.30 bits per heavy atom. The lowest BCUT2D eigenvalue weighted by atomic mass is 9.84. The zero-order valence-corrected chi connectivity index (χ0v) is 20.2. The van der Waals surface area contributed by atoms with Gasteiger partial charge in [0.2, 0.25) is 11.8 Å². The smallest absolute Gasteiger partial charge is 0.352 e. The minimum atomic E-state index is -1.77. The summed E-state index contributed by atoms with van der Waals surface area (Å²) < 4.78 is 12.9. The number of rotatable bonds is 9. The van der Waals surface area contributed by atoms with E-state index >= 15 is 0 Å². The number of fused-ring (bicyclic) bond motifs is 3. The molecule has 3 aromatic rings. The molecule has 2 aromatic heterocycles. The average molecular weight is 485 g/mol. The first-order valence-corrected chi connectivity index (χ1v) is 13.5. The van der Waals surface area contributed by atoms with Gasteiger partial charge in [-0.3, -0.25) is 4.48 Å². The summed E-state index contributed by atoms with van der Waals surface area (Å²) in [7, 11) is 0. The van der Waals surface area contributed by atoms with Crippen molar-refractivity contribution in [2.45, 2.75) is 37.5 Å². The first-order chi connectivity index (χ1) is 16.1. The predicted molar refractivity (Wildman–Crippen MR) is 130 cm³/mol. The Morgan fingerprint density at radius 1 is 1.03 bits per heavy atom. The highest BCUT2D eigenvalue weighted by Gasteiger charge is 2.52. The lowest BCUT2D eigenvalue weighted by Gasteiger charge is -2.53. The van der Waals surface area contributed by atoms with Crippen molar-refractivity contribution in [2.24, 2.45) is 5.92 Å². The van der Waals surface area contributed by atoms with Gasteiger partial charge < -0.3 is 14.6 Å². The maximum Gasteiger partial charge on any atom is 0.352 e. The molecule has 3 aliphatic rings. The largest absolute Gasteiger partial charge is 0.493 e. The lowest BCUT2D eigenvalue weighted by Crippen LogP contribution is -2.66. The van der Waals surface area contributed by atoms with Crippen molar-refractivity contribution in [3.8, 4) is 5.75 Å². The van der Waals surface area contributed by atoms with E-state index in [0.29, 0.717) is 23.7 Å². The molecule has 1 N–H and O–H groups in total. The number of thiophene rings is 2. The Balaban J connectivity index is 1.30. The summed E-state index contributed by atoms with van der Waals surface area (Å²) in [6, 6.07) is 13.5. The highest BCUT2D eigenvalue weighted by Crippen LogP contribution is 2.41. The van der Waals surface area contributed by atoms with Gasteiger partial charge in [0, 0.05) is 36.8 Å². The first kappa shape index (κ1) is 22.6. The van der Waals surface area contributed by atoms with Crippen molar-refractivity contribution in [2.75, 3.05) is 26.2 Å². The average Bonchev–Trinajstić information content (AvgIpc) is 3.58. The molecule has 2 bridgehead atoms. The second-order valence-electron chi connectivity index (χ2n) is 9.18. The molecule has 0 saturated carbocycles. The number of aliphatic hydroxyl groups is 1. The van der Waals surface area contributed by atoms with Crippen LogP contribution in [0.1, 0.15) is 36.8 Å². The summed E-state index contributed by atoms with van der Waals surface area (Å²) in [6.45, 7) is 3.58. The summed E-state index contributed by atoms with van der Waals surface area (Å²) in [5.74, 6) is 0.920. The zero-order valence-electron chi connectivity index (χ0n) is 18.6. The van der Waals surface area contributed by atoms with Crippen molar-refractivity contribution in [3.05, 3.63) is 75.1 Å². The van der Waals surface area contributed by atoms with Crippen LogP contribution in [-0.2, 0) is 15.1 Å². The quantitative estimate of drug-likeness (QED) is 0.263. The van der Waals surface area contributed by atoms with E-state index in [2.05, 4.69) is 0 Å². The van der Waals surface area contributed by atoms with Gasteiger partial charge >= 0.3 is 5.97 Å². The van der Waals surface area contributed by atoms with Crippen LogP contribution in [0.3, 0.4) is 0 Å². The van der Waals surface area contributed by atoms with Gasteiger partial charge in [-0.05, 0) is 51.7 Å². The third-order valence-electron chi connectivity index (χ3n) is 7.29. The van der Waals surface area contributed by atoms with E-state index in [1.54, 1.807) is 0 Å². The van der Waals surface area contributed by atoms with E-state index in [9.17, 15) is 9.90 Å². The minimum absolute atomic E-state index is 0.217. The number of benzene rings is 1. The minimum Gasteiger partial charge on any atom is -0.493 e. The molecule has 0 radical (unpaired) electrons. The van der Waals surface area contributed by atoms with Gasteiger partial charge in [-0.2, -0.15) is 22.7 Å². The van der Waals surface area contributed by atoms with Crippen LogP contribution in [0.5, 0.6) is 5.75 Å². The van der Waals surface area contributed by atoms with Gasteiger partial charge in [0.05, 0.1) is 26.2 Å². The van der Waals surface area contributed by atoms with E-state index in [0.717, 1.165) is 42.7 Å². The molecule has 3 fully saturated rings.